The van der Waals surface area contributed by atoms with E-state index in [4.69, 9.17) is 13.9 Å². The number of aryl methyl sites for hydroxylation is 2. The van der Waals surface area contributed by atoms with Gasteiger partial charge in [-0.1, -0.05) is 25.1 Å². The number of amides is 1. The lowest BCUT2D eigenvalue weighted by molar-refractivity contribution is -0.122. The molecule has 1 amide bonds. The van der Waals surface area contributed by atoms with Gasteiger partial charge < -0.3 is 18.8 Å². The largest absolute Gasteiger partial charge is 0.464 e. The van der Waals surface area contributed by atoms with Gasteiger partial charge in [-0.05, 0) is 67.3 Å². The van der Waals surface area contributed by atoms with E-state index in [2.05, 4.69) is 13.0 Å². The number of carbonyl (C=O) groups is 1. The van der Waals surface area contributed by atoms with Gasteiger partial charge in [-0.25, -0.2) is 0 Å². The van der Waals surface area contributed by atoms with Crippen LogP contribution in [0.1, 0.15) is 41.6 Å². The quantitative estimate of drug-likeness (QED) is 0.639. The van der Waals surface area contributed by atoms with E-state index in [-0.39, 0.29) is 12.7 Å². The van der Waals surface area contributed by atoms with Crippen molar-refractivity contribution < 1.29 is 18.7 Å². The van der Waals surface area contributed by atoms with Crippen molar-refractivity contribution in [1.29, 1.82) is 0 Å². The first-order chi connectivity index (χ1) is 14.0. The van der Waals surface area contributed by atoms with Crippen LogP contribution in [0.15, 0.2) is 52.9 Å². The molecule has 2 aromatic carbocycles. The molecule has 3 aromatic rings. The Bertz CT molecular complexity index is 1120. The molecule has 2 aliphatic rings. The molecule has 2 aliphatic heterocycles. The third-order valence-electron chi connectivity index (χ3n) is 6.08. The highest BCUT2D eigenvalue weighted by molar-refractivity contribution is 6.10. The van der Waals surface area contributed by atoms with Crippen LogP contribution < -0.4 is 14.4 Å². The van der Waals surface area contributed by atoms with E-state index in [0.29, 0.717) is 18.7 Å². The molecule has 5 rings (SSSR count). The fourth-order valence-electron chi connectivity index (χ4n) is 4.70. The average molecular weight is 389 g/mol. The van der Waals surface area contributed by atoms with Crippen LogP contribution in [0.4, 0.5) is 5.69 Å². The number of para-hydroxylation sites is 1. The van der Waals surface area contributed by atoms with Gasteiger partial charge in [-0.2, -0.15) is 0 Å². The molecule has 1 aromatic heterocycles. The smallest absolute Gasteiger partial charge is 0.242 e. The second kappa shape index (κ2) is 6.41. The minimum Gasteiger partial charge on any atom is -0.464 e. The molecule has 0 fully saturated rings. The Balaban J connectivity index is 1.68. The summed E-state index contributed by atoms with van der Waals surface area (Å²) in [6, 6.07) is 15.9. The Morgan fingerprint density at radius 1 is 1.00 bits per heavy atom. The number of carbonyl (C=O) groups excluding carboxylic acids is 1. The first-order valence-corrected chi connectivity index (χ1v) is 9.92. The van der Waals surface area contributed by atoms with E-state index < -0.39 is 5.41 Å². The molecule has 0 saturated carbocycles. The maximum Gasteiger partial charge on any atom is 0.242 e. The zero-order valence-electron chi connectivity index (χ0n) is 16.8. The zero-order valence-corrected chi connectivity index (χ0v) is 16.8. The topological polar surface area (TPSA) is 51.9 Å². The van der Waals surface area contributed by atoms with E-state index in [0.717, 1.165) is 39.6 Å². The third-order valence-corrected chi connectivity index (χ3v) is 6.08. The number of nitrogens with zero attached hydrogens (tertiary/aromatic N) is 1. The van der Waals surface area contributed by atoms with Crippen molar-refractivity contribution in [2.75, 3.05) is 11.7 Å². The van der Waals surface area contributed by atoms with Crippen LogP contribution in [0.3, 0.4) is 0 Å². The molecule has 0 radical (unpaired) electrons. The molecule has 0 bridgehead atoms. The molecule has 5 nitrogen and oxygen atoms in total. The predicted molar refractivity (Wildman–Crippen MR) is 109 cm³/mol. The van der Waals surface area contributed by atoms with Gasteiger partial charge in [0.25, 0.3) is 0 Å². The highest BCUT2D eigenvalue weighted by atomic mass is 16.7. The molecule has 29 heavy (non-hydrogen) atoms. The SMILES string of the molecule is CCC1(c2cc3c(cc2C)OCO3)C(=O)N(Cc2ccc(C)o2)c2ccccc21. The summed E-state index contributed by atoms with van der Waals surface area (Å²) in [5.41, 5.74) is 3.20. The van der Waals surface area contributed by atoms with E-state index in [1.807, 2.05) is 61.2 Å². The van der Waals surface area contributed by atoms with Gasteiger partial charge in [0.2, 0.25) is 12.7 Å². The monoisotopic (exact) mass is 389 g/mol. The fraction of sp³-hybridized carbons (Fsp3) is 0.292. The maximum absolute atomic E-state index is 14.0. The van der Waals surface area contributed by atoms with Crippen LogP contribution in [-0.4, -0.2) is 12.7 Å². The number of benzene rings is 2. The summed E-state index contributed by atoms with van der Waals surface area (Å²) in [5, 5.41) is 0. The van der Waals surface area contributed by atoms with Crippen molar-refractivity contribution in [3.8, 4) is 11.5 Å². The molecule has 3 heterocycles. The van der Waals surface area contributed by atoms with E-state index in [1.54, 1.807) is 0 Å². The summed E-state index contributed by atoms with van der Waals surface area (Å²) in [6.07, 6.45) is 0.650. The highest BCUT2D eigenvalue weighted by Crippen LogP contribution is 2.51. The lowest BCUT2D eigenvalue weighted by atomic mass is 9.71. The number of ether oxygens (including phenoxy) is 2. The molecule has 1 unspecified atom stereocenters. The van der Waals surface area contributed by atoms with Gasteiger partial charge in [-0.3, -0.25) is 4.79 Å². The molecule has 0 saturated heterocycles. The predicted octanol–water partition coefficient (Wildman–Crippen LogP) is 4.87. The highest BCUT2D eigenvalue weighted by Gasteiger charge is 2.51. The van der Waals surface area contributed by atoms with Crippen molar-refractivity contribution in [2.45, 2.75) is 39.2 Å². The van der Waals surface area contributed by atoms with Crippen molar-refractivity contribution >= 4 is 11.6 Å². The van der Waals surface area contributed by atoms with Crippen molar-refractivity contribution in [2.24, 2.45) is 0 Å². The standard InChI is InChI=1S/C24H23NO4/c1-4-24(19-12-22-21(11-15(19)2)27-14-28-22)18-7-5-6-8-20(18)25(23(24)26)13-17-10-9-16(3)29-17/h5-12H,4,13-14H2,1-3H3. The molecule has 1 atom stereocenters. The van der Waals surface area contributed by atoms with Crippen LogP contribution in [-0.2, 0) is 16.8 Å². The first kappa shape index (κ1) is 17.9. The third kappa shape index (κ3) is 2.50. The number of furan rings is 1. The van der Waals surface area contributed by atoms with Crippen LogP contribution in [0.2, 0.25) is 0 Å². The van der Waals surface area contributed by atoms with Crippen LogP contribution in [0, 0.1) is 13.8 Å². The van der Waals surface area contributed by atoms with Gasteiger partial charge in [0, 0.05) is 5.69 Å². The minimum atomic E-state index is -0.761. The Kier molecular flexibility index (Phi) is 3.95. The Hall–Kier alpha value is -3.21. The van der Waals surface area contributed by atoms with Crippen LogP contribution in [0.5, 0.6) is 11.5 Å². The molecular formula is C24H23NO4. The van der Waals surface area contributed by atoms with Gasteiger partial charge >= 0.3 is 0 Å². The van der Waals surface area contributed by atoms with Crippen molar-refractivity contribution in [3.63, 3.8) is 0 Å². The number of hydrogen-bond acceptors (Lipinski definition) is 4. The molecule has 0 N–H and O–H groups in total. The average Bonchev–Trinajstić information content (AvgIpc) is 3.40. The van der Waals surface area contributed by atoms with Gasteiger partial charge in [0.1, 0.15) is 16.9 Å². The van der Waals surface area contributed by atoms with Gasteiger partial charge in [-0.15, -0.1) is 0 Å². The molecule has 0 spiro atoms. The lowest BCUT2D eigenvalue weighted by Gasteiger charge is -2.30. The zero-order chi connectivity index (χ0) is 20.2. The van der Waals surface area contributed by atoms with E-state index >= 15 is 0 Å². The summed E-state index contributed by atoms with van der Waals surface area (Å²) in [5.74, 6) is 3.12. The summed E-state index contributed by atoms with van der Waals surface area (Å²) in [6.45, 7) is 6.64. The van der Waals surface area contributed by atoms with Crippen LogP contribution >= 0.6 is 0 Å². The fourth-order valence-corrected chi connectivity index (χ4v) is 4.70. The number of hydrogen-bond donors (Lipinski definition) is 0. The minimum absolute atomic E-state index is 0.0669. The Labute approximate surface area is 169 Å². The first-order valence-electron chi connectivity index (χ1n) is 9.92. The summed E-state index contributed by atoms with van der Waals surface area (Å²) >= 11 is 0. The number of fused-ring (bicyclic) bond motifs is 2. The van der Waals surface area contributed by atoms with Gasteiger partial charge in [0.05, 0.1) is 6.54 Å². The summed E-state index contributed by atoms with van der Waals surface area (Å²) in [4.78, 5) is 15.8. The molecule has 148 valence electrons. The Morgan fingerprint density at radius 2 is 1.76 bits per heavy atom. The number of anilines is 1. The summed E-state index contributed by atoms with van der Waals surface area (Å²) < 4.78 is 16.9. The van der Waals surface area contributed by atoms with Crippen LogP contribution in [0.25, 0.3) is 0 Å². The summed E-state index contributed by atoms with van der Waals surface area (Å²) in [7, 11) is 0. The van der Waals surface area contributed by atoms with E-state index in [1.165, 1.54) is 0 Å². The number of rotatable bonds is 4. The maximum atomic E-state index is 14.0. The van der Waals surface area contributed by atoms with Crippen molar-refractivity contribution in [1.82, 2.24) is 0 Å². The molecular weight excluding hydrogens is 366 g/mol. The molecule has 0 aliphatic carbocycles. The second-order valence-corrected chi connectivity index (χ2v) is 7.70. The second-order valence-electron chi connectivity index (χ2n) is 7.70. The molecule has 5 heteroatoms. The normalized spacial score (nSPS) is 19.7. The van der Waals surface area contributed by atoms with E-state index in [9.17, 15) is 4.79 Å². The lowest BCUT2D eigenvalue weighted by Crippen LogP contribution is -2.41. The van der Waals surface area contributed by atoms with Crippen molar-refractivity contribution in [3.05, 3.63) is 76.7 Å². The van der Waals surface area contributed by atoms with Gasteiger partial charge in [0.15, 0.2) is 11.5 Å². The Morgan fingerprint density at radius 3 is 2.48 bits per heavy atom.